The van der Waals surface area contributed by atoms with Crippen LogP contribution in [-0.2, 0) is 21.2 Å². The van der Waals surface area contributed by atoms with Gasteiger partial charge in [-0.3, -0.25) is 9.78 Å². The molecular weight excluding hydrogens is 514 g/mol. The highest BCUT2D eigenvalue weighted by molar-refractivity contribution is 7.91. The van der Waals surface area contributed by atoms with E-state index in [0.29, 0.717) is 10.6 Å². The number of pyridine rings is 1. The van der Waals surface area contributed by atoms with Gasteiger partial charge >= 0.3 is 6.36 Å². The predicted molar refractivity (Wildman–Crippen MR) is 119 cm³/mol. The largest absolute Gasteiger partial charge is 0.573 e. The van der Waals surface area contributed by atoms with Crippen LogP contribution in [0, 0.1) is 5.82 Å². The van der Waals surface area contributed by atoms with Crippen molar-refractivity contribution >= 4 is 33.0 Å². The molecule has 4 rings (SSSR count). The maximum atomic E-state index is 15.1. The fourth-order valence-corrected chi connectivity index (χ4v) is 5.32. The quantitative estimate of drug-likeness (QED) is 0.511. The second-order valence-corrected chi connectivity index (χ2v) is 10.1. The first kappa shape index (κ1) is 24.9. The van der Waals surface area contributed by atoms with Crippen LogP contribution in [0.2, 0.25) is 5.02 Å². The number of carbonyl (C=O) groups excluding carboxylic acids is 1. The number of benzene rings is 2. The maximum absolute atomic E-state index is 15.1. The standard InChI is InChI=1S/C22H16ClF4N3O4S/c23-14-3-1-12(2-4-14)10-30-19-6-16(13-5-15(9-29-8-13)34-22(25,26)27)17(24)7-20(19)35(32,33)11-18(28)21(30)31/h1-9,18H,10-11,28H2/t18-/m0/s1. The molecule has 0 fully saturated rings. The Morgan fingerprint density at radius 2 is 1.83 bits per heavy atom. The molecule has 0 bridgehead atoms. The van der Waals surface area contributed by atoms with Gasteiger partial charge in [0.2, 0.25) is 5.91 Å². The van der Waals surface area contributed by atoms with Crippen LogP contribution < -0.4 is 15.4 Å². The molecular formula is C22H16ClF4N3O4S. The van der Waals surface area contributed by atoms with E-state index in [2.05, 4.69) is 9.72 Å². The highest BCUT2D eigenvalue weighted by Crippen LogP contribution is 2.38. The molecule has 1 amide bonds. The molecule has 1 aliphatic rings. The zero-order valence-electron chi connectivity index (χ0n) is 17.6. The predicted octanol–water partition coefficient (Wildman–Crippen LogP) is 4.09. The Labute approximate surface area is 202 Å². The third kappa shape index (κ3) is 5.39. The van der Waals surface area contributed by atoms with Crippen LogP contribution in [0.15, 0.2) is 59.8 Å². The number of nitrogens with two attached hydrogens (primary N) is 1. The molecule has 1 atom stereocenters. The van der Waals surface area contributed by atoms with Gasteiger partial charge in [0.05, 0.1) is 35.1 Å². The third-order valence-corrected chi connectivity index (χ3v) is 7.22. The van der Waals surface area contributed by atoms with Crippen LogP contribution >= 0.6 is 11.6 Å². The molecule has 0 saturated carbocycles. The number of rotatable bonds is 4. The van der Waals surface area contributed by atoms with Gasteiger partial charge in [-0.15, -0.1) is 13.2 Å². The summed E-state index contributed by atoms with van der Waals surface area (Å²) < 4.78 is 82.6. The minimum atomic E-state index is -5.00. The number of nitrogens with zero attached hydrogens (tertiary/aromatic N) is 2. The molecule has 13 heteroatoms. The molecule has 2 heterocycles. The summed E-state index contributed by atoms with van der Waals surface area (Å²) in [7, 11) is -4.18. The van der Waals surface area contributed by atoms with Crippen molar-refractivity contribution in [2.24, 2.45) is 5.73 Å². The first-order valence-electron chi connectivity index (χ1n) is 9.93. The molecule has 2 aromatic carbocycles. The average Bonchev–Trinajstić information content (AvgIpc) is 2.82. The molecule has 1 aliphatic heterocycles. The number of hydrogen-bond donors (Lipinski definition) is 1. The lowest BCUT2D eigenvalue weighted by Gasteiger charge is -2.25. The van der Waals surface area contributed by atoms with Gasteiger partial charge in [0.15, 0.2) is 9.84 Å². The van der Waals surface area contributed by atoms with Crippen LogP contribution in [0.1, 0.15) is 5.56 Å². The Hall–Kier alpha value is -3.22. The molecule has 0 spiro atoms. The molecule has 35 heavy (non-hydrogen) atoms. The van der Waals surface area contributed by atoms with Crippen molar-refractivity contribution in [2.75, 3.05) is 10.7 Å². The number of anilines is 1. The van der Waals surface area contributed by atoms with Crippen molar-refractivity contribution in [1.82, 2.24) is 4.98 Å². The topological polar surface area (TPSA) is 103 Å². The Morgan fingerprint density at radius 3 is 2.49 bits per heavy atom. The summed E-state index contributed by atoms with van der Waals surface area (Å²) in [5.74, 6) is -3.22. The average molecular weight is 530 g/mol. The highest BCUT2D eigenvalue weighted by atomic mass is 35.5. The van der Waals surface area contributed by atoms with E-state index in [9.17, 15) is 26.4 Å². The van der Waals surface area contributed by atoms with Crippen LogP contribution in [0.5, 0.6) is 5.75 Å². The first-order valence-corrected chi connectivity index (χ1v) is 12.0. The minimum absolute atomic E-state index is 0.118. The van der Waals surface area contributed by atoms with Crippen LogP contribution in [-0.4, -0.2) is 37.5 Å². The van der Waals surface area contributed by atoms with Gasteiger partial charge < -0.3 is 15.4 Å². The van der Waals surface area contributed by atoms with Crippen LogP contribution in [0.4, 0.5) is 23.2 Å². The van der Waals surface area contributed by atoms with Crippen molar-refractivity contribution in [3.05, 3.63) is 71.3 Å². The number of sulfone groups is 1. The van der Waals surface area contributed by atoms with E-state index < -0.39 is 50.4 Å². The van der Waals surface area contributed by atoms with Gasteiger partial charge in [-0.25, -0.2) is 12.8 Å². The first-order chi connectivity index (χ1) is 16.3. The normalized spacial score (nSPS) is 17.6. The van der Waals surface area contributed by atoms with E-state index >= 15 is 4.39 Å². The molecule has 7 nitrogen and oxygen atoms in total. The second kappa shape index (κ2) is 9.10. The number of halogens is 5. The molecule has 184 valence electrons. The molecule has 0 aliphatic carbocycles. The van der Waals surface area contributed by atoms with Gasteiger partial charge in [-0.2, -0.15) is 0 Å². The van der Waals surface area contributed by atoms with E-state index in [1.165, 1.54) is 0 Å². The van der Waals surface area contributed by atoms with Gasteiger partial charge in [-0.1, -0.05) is 23.7 Å². The summed E-state index contributed by atoms with van der Waals surface area (Å²) >= 11 is 5.90. The van der Waals surface area contributed by atoms with E-state index in [0.717, 1.165) is 35.5 Å². The molecule has 0 unspecified atom stereocenters. The SMILES string of the molecule is N[C@H]1CS(=O)(=O)c2cc(F)c(-c3cncc(OC(F)(F)F)c3)cc2N(Cc2ccc(Cl)cc2)C1=O. The fraction of sp³-hybridized carbons (Fsp3) is 0.182. The Morgan fingerprint density at radius 1 is 1.14 bits per heavy atom. The summed E-state index contributed by atoms with van der Waals surface area (Å²) in [6.07, 6.45) is -3.13. The monoisotopic (exact) mass is 529 g/mol. The Kier molecular flexibility index (Phi) is 6.47. The Balaban J connectivity index is 1.87. The van der Waals surface area contributed by atoms with Crippen LogP contribution in [0.25, 0.3) is 11.1 Å². The highest BCUT2D eigenvalue weighted by Gasteiger charge is 2.37. The Bertz CT molecular complexity index is 1400. The summed E-state index contributed by atoms with van der Waals surface area (Å²) in [5.41, 5.74) is 5.84. The summed E-state index contributed by atoms with van der Waals surface area (Å²) in [6.45, 7) is -0.118. The fourth-order valence-electron chi connectivity index (χ4n) is 3.63. The lowest BCUT2D eigenvalue weighted by molar-refractivity contribution is -0.274. The zero-order valence-corrected chi connectivity index (χ0v) is 19.2. The molecule has 0 saturated heterocycles. The minimum Gasteiger partial charge on any atom is -0.404 e. The van der Waals surface area contributed by atoms with Crippen molar-refractivity contribution in [3.63, 3.8) is 0 Å². The molecule has 0 radical (unpaired) electrons. The second-order valence-electron chi connectivity index (χ2n) is 7.70. The number of aromatic nitrogens is 1. The van der Waals surface area contributed by atoms with Gasteiger partial charge in [0.25, 0.3) is 0 Å². The lowest BCUT2D eigenvalue weighted by atomic mass is 10.0. The van der Waals surface area contributed by atoms with Gasteiger partial charge in [0, 0.05) is 22.3 Å². The van der Waals surface area contributed by atoms with E-state index in [1.54, 1.807) is 24.3 Å². The number of ether oxygens (including phenoxy) is 1. The summed E-state index contributed by atoms with van der Waals surface area (Å²) in [6, 6.07) is 7.65. The van der Waals surface area contributed by atoms with E-state index in [4.69, 9.17) is 17.3 Å². The van der Waals surface area contributed by atoms with Crippen molar-refractivity contribution in [2.45, 2.75) is 23.8 Å². The number of hydrogen-bond acceptors (Lipinski definition) is 6. The lowest BCUT2D eigenvalue weighted by Crippen LogP contribution is -2.45. The van der Waals surface area contributed by atoms with Gasteiger partial charge in [-0.05, 0) is 35.9 Å². The van der Waals surface area contributed by atoms with Crippen molar-refractivity contribution in [1.29, 1.82) is 0 Å². The summed E-state index contributed by atoms with van der Waals surface area (Å²) in [4.78, 5) is 17.3. The number of fused-ring (bicyclic) bond motifs is 1. The van der Waals surface area contributed by atoms with E-state index in [1.807, 2.05) is 0 Å². The van der Waals surface area contributed by atoms with Crippen LogP contribution in [0.3, 0.4) is 0 Å². The van der Waals surface area contributed by atoms with Gasteiger partial charge in [0.1, 0.15) is 11.6 Å². The molecule has 1 aromatic heterocycles. The maximum Gasteiger partial charge on any atom is 0.573 e. The number of amides is 1. The third-order valence-electron chi connectivity index (χ3n) is 5.17. The number of carbonyl (C=O) groups is 1. The molecule has 3 aromatic rings. The van der Waals surface area contributed by atoms with E-state index in [-0.39, 0.29) is 23.4 Å². The summed E-state index contributed by atoms with van der Waals surface area (Å²) in [5, 5.41) is 0.438. The number of alkyl halides is 3. The smallest absolute Gasteiger partial charge is 0.404 e. The molecule has 2 N–H and O–H groups in total. The van der Waals surface area contributed by atoms with Crippen molar-refractivity contribution in [3.8, 4) is 16.9 Å². The zero-order chi connectivity index (χ0) is 25.5. The van der Waals surface area contributed by atoms with Crippen molar-refractivity contribution < 1.29 is 35.5 Å².